The van der Waals surface area contributed by atoms with Gasteiger partial charge < -0.3 is 15.8 Å². The smallest absolute Gasteiger partial charge is 0.406 e. The maximum Gasteiger partial charge on any atom is 0.573 e. The molecule has 1 amide bonds. The number of aromatic nitrogens is 1. The number of nitrogens with two attached hydrogens (primary N) is 1. The van der Waals surface area contributed by atoms with E-state index < -0.39 is 12.3 Å². The standard InChI is InChI=1S/C24H26F3N3O2S/c1-4-23(2,3)14-5-10-18-13(11-14)12-17-19(28)20(33-22(17)30-18)21(31)29-15-6-8-16(9-7-15)32-24(25,26)27/h6-9,12,14H,4-5,10-11,28H2,1-3H3,(H,29,31)/t14-/m1/s1. The minimum Gasteiger partial charge on any atom is -0.406 e. The van der Waals surface area contributed by atoms with Crippen molar-refractivity contribution in [1.82, 2.24) is 4.98 Å². The molecule has 0 unspecified atom stereocenters. The second kappa shape index (κ2) is 8.52. The molecule has 0 aliphatic heterocycles. The number of ether oxygens (including phenoxy) is 1. The number of fused-ring (bicyclic) bond motifs is 2. The number of carbonyl (C=O) groups is 1. The third-order valence-corrected chi connectivity index (χ3v) is 7.77. The average molecular weight is 478 g/mol. The van der Waals surface area contributed by atoms with Gasteiger partial charge in [-0.2, -0.15) is 0 Å². The normalized spacial score (nSPS) is 16.5. The lowest BCUT2D eigenvalue weighted by molar-refractivity contribution is -0.274. The van der Waals surface area contributed by atoms with E-state index in [1.54, 1.807) is 0 Å². The number of pyridine rings is 1. The highest BCUT2D eigenvalue weighted by Gasteiger charge is 2.33. The lowest BCUT2D eigenvalue weighted by atomic mass is 9.69. The SMILES string of the molecule is CCC(C)(C)[C@@H]1CCc2nc3sc(C(=O)Nc4ccc(OC(F)(F)F)cc4)c(N)c3cc2C1. The van der Waals surface area contributed by atoms with Crippen LogP contribution in [0.15, 0.2) is 30.3 Å². The molecule has 0 spiro atoms. The molecule has 0 bridgehead atoms. The summed E-state index contributed by atoms with van der Waals surface area (Å²) in [6.07, 6.45) is -0.715. The molecule has 3 N–H and O–H groups in total. The quantitative estimate of drug-likeness (QED) is 0.436. The molecular formula is C24H26F3N3O2S. The number of nitrogens with zero attached hydrogens (tertiary/aromatic N) is 1. The van der Waals surface area contributed by atoms with Gasteiger partial charge in [-0.05, 0) is 66.5 Å². The average Bonchev–Trinajstić information content (AvgIpc) is 3.07. The fourth-order valence-corrected chi connectivity index (χ4v) is 5.23. The van der Waals surface area contributed by atoms with Crippen LogP contribution in [0.1, 0.15) is 54.5 Å². The lowest BCUT2D eigenvalue weighted by Gasteiger charge is -2.36. The van der Waals surface area contributed by atoms with Crippen LogP contribution in [-0.4, -0.2) is 17.3 Å². The van der Waals surface area contributed by atoms with Gasteiger partial charge in [0, 0.05) is 16.8 Å². The van der Waals surface area contributed by atoms with Gasteiger partial charge in [-0.25, -0.2) is 4.98 Å². The number of hydrogen-bond acceptors (Lipinski definition) is 5. The highest BCUT2D eigenvalue weighted by atomic mass is 32.1. The number of benzene rings is 1. The molecule has 0 saturated heterocycles. The first-order chi connectivity index (χ1) is 15.5. The first-order valence-corrected chi connectivity index (χ1v) is 11.7. The topological polar surface area (TPSA) is 77.2 Å². The number of anilines is 2. The van der Waals surface area contributed by atoms with Crippen LogP contribution in [0, 0.1) is 11.3 Å². The molecule has 1 aromatic carbocycles. The van der Waals surface area contributed by atoms with Crippen LogP contribution < -0.4 is 15.8 Å². The second-order valence-electron chi connectivity index (χ2n) is 9.10. The van der Waals surface area contributed by atoms with Crippen LogP contribution in [0.2, 0.25) is 0 Å². The van der Waals surface area contributed by atoms with Crippen LogP contribution in [0.5, 0.6) is 5.75 Å². The predicted molar refractivity (Wildman–Crippen MR) is 125 cm³/mol. The van der Waals surface area contributed by atoms with Crippen molar-refractivity contribution in [2.45, 2.75) is 52.8 Å². The minimum absolute atomic E-state index is 0.249. The summed E-state index contributed by atoms with van der Waals surface area (Å²) in [5.74, 6) is -0.217. The number of thiophene rings is 1. The first kappa shape index (κ1) is 23.4. The monoisotopic (exact) mass is 477 g/mol. The molecule has 1 aliphatic carbocycles. The number of aryl methyl sites for hydroxylation is 1. The van der Waals surface area contributed by atoms with Gasteiger partial charge in [0.15, 0.2) is 0 Å². The van der Waals surface area contributed by atoms with E-state index in [9.17, 15) is 18.0 Å². The summed E-state index contributed by atoms with van der Waals surface area (Å²) in [4.78, 5) is 18.7. The Morgan fingerprint density at radius 2 is 1.97 bits per heavy atom. The highest BCUT2D eigenvalue weighted by Crippen LogP contribution is 2.42. The number of rotatable bonds is 5. The van der Waals surface area contributed by atoms with Crippen molar-refractivity contribution in [3.63, 3.8) is 0 Å². The van der Waals surface area contributed by atoms with Gasteiger partial charge in [0.25, 0.3) is 5.91 Å². The van der Waals surface area contributed by atoms with Gasteiger partial charge in [-0.3, -0.25) is 4.79 Å². The lowest BCUT2D eigenvalue weighted by Crippen LogP contribution is -2.29. The largest absolute Gasteiger partial charge is 0.573 e. The van der Waals surface area contributed by atoms with Crippen molar-refractivity contribution < 1.29 is 22.7 Å². The first-order valence-electron chi connectivity index (χ1n) is 10.8. The van der Waals surface area contributed by atoms with Crippen LogP contribution in [0.25, 0.3) is 10.2 Å². The molecule has 1 atom stereocenters. The van der Waals surface area contributed by atoms with Crippen molar-refractivity contribution in [3.05, 3.63) is 46.5 Å². The number of nitrogen functional groups attached to an aromatic ring is 1. The molecule has 1 aliphatic rings. The van der Waals surface area contributed by atoms with Crippen molar-refractivity contribution >= 4 is 38.8 Å². The molecule has 2 heterocycles. The zero-order chi connectivity index (χ0) is 24.0. The van der Waals surface area contributed by atoms with Crippen molar-refractivity contribution in [1.29, 1.82) is 0 Å². The Morgan fingerprint density at radius 1 is 1.27 bits per heavy atom. The molecule has 2 aromatic heterocycles. The molecule has 0 radical (unpaired) electrons. The molecule has 3 aromatic rings. The van der Waals surface area contributed by atoms with Gasteiger partial charge in [-0.15, -0.1) is 24.5 Å². The zero-order valence-corrected chi connectivity index (χ0v) is 19.5. The third kappa shape index (κ3) is 4.93. The predicted octanol–water partition coefficient (Wildman–Crippen LogP) is 6.57. The number of halogens is 3. The maximum atomic E-state index is 12.8. The van der Waals surface area contributed by atoms with E-state index in [1.165, 1.54) is 29.0 Å². The van der Waals surface area contributed by atoms with Gasteiger partial charge >= 0.3 is 6.36 Å². The van der Waals surface area contributed by atoms with Gasteiger partial charge in [0.2, 0.25) is 0 Å². The van der Waals surface area contributed by atoms with E-state index in [-0.39, 0.29) is 11.2 Å². The van der Waals surface area contributed by atoms with Crippen molar-refractivity contribution in [2.24, 2.45) is 11.3 Å². The Balaban J connectivity index is 1.55. The van der Waals surface area contributed by atoms with Gasteiger partial charge in [0.1, 0.15) is 15.5 Å². The summed E-state index contributed by atoms with van der Waals surface area (Å²) in [6.45, 7) is 6.82. The Labute approximate surface area is 194 Å². The Kier molecular flexibility index (Phi) is 6.03. The van der Waals surface area contributed by atoms with E-state index >= 15 is 0 Å². The van der Waals surface area contributed by atoms with Crippen LogP contribution in [0.4, 0.5) is 24.5 Å². The van der Waals surface area contributed by atoms with E-state index in [2.05, 4.69) is 36.9 Å². The molecule has 4 rings (SSSR count). The Bertz CT molecular complexity index is 1190. The molecule has 33 heavy (non-hydrogen) atoms. The number of carbonyl (C=O) groups excluding carboxylic acids is 1. The third-order valence-electron chi connectivity index (χ3n) is 6.65. The summed E-state index contributed by atoms with van der Waals surface area (Å²) in [6, 6.07) is 7.04. The molecule has 0 fully saturated rings. The van der Waals surface area contributed by atoms with Gasteiger partial charge in [0.05, 0.1) is 5.69 Å². The zero-order valence-electron chi connectivity index (χ0n) is 18.7. The summed E-state index contributed by atoms with van der Waals surface area (Å²) in [5.41, 5.74) is 9.55. The fourth-order valence-electron chi connectivity index (χ4n) is 4.24. The van der Waals surface area contributed by atoms with E-state index in [4.69, 9.17) is 10.7 Å². The highest BCUT2D eigenvalue weighted by molar-refractivity contribution is 7.21. The fraction of sp³-hybridized carbons (Fsp3) is 0.417. The van der Waals surface area contributed by atoms with Crippen LogP contribution >= 0.6 is 11.3 Å². The number of amides is 1. The van der Waals surface area contributed by atoms with Gasteiger partial charge in [-0.1, -0.05) is 27.2 Å². The minimum atomic E-state index is -4.77. The number of hydrogen-bond donors (Lipinski definition) is 2. The Hall–Kier alpha value is -2.81. The van der Waals surface area contributed by atoms with Crippen LogP contribution in [-0.2, 0) is 12.8 Å². The van der Waals surface area contributed by atoms with E-state index in [1.807, 2.05) is 0 Å². The molecular weight excluding hydrogens is 451 g/mol. The molecule has 176 valence electrons. The number of nitrogens with one attached hydrogen (secondary N) is 1. The summed E-state index contributed by atoms with van der Waals surface area (Å²) in [7, 11) is 0. The molecule has 5 nitrogen and oxygen atoms in total. The number of alkyl halides is 3. The van der Waals surface area contributed by atoms with Crippen molar-refractivity contribution in [3.8, 4) is 5.75 Å². The molecule has 9 heteroatoms. The van der Waals surface area contributed by atoms with Crippen LogP contribution in [0.3, 0.4) is 0 Å². The second-order valence-corrected chi connectivity index (χ2v) is 10.1. The summed E-state index contributed by atoms with van der Waals surface area (Å²) < 4.78 is 40.8. The maximum absolute atomic E-state index is 12.8. The summed E-state index contributed by atoms with van der Waals surface area (Å²) >= 11 is 1.22. The van der Waals surface area contributed by atoms with E-state index in [0.29, 0.717) is 22.2 Å². The van der Waals surface area contributed by atoms with E-state index in [0.717, 1.165) is 53.7 Å². The Morgan fingerprint density at radius 3 is 2.61 bits per heavy atom. The van der Waals surface area contributed by atoms with Crippen molar-refractivity contribution in [2.75, 3.05) is 11.1 Å². The summed E-state index contributed by atoms with van der Waals surface area (Å²) in [5, 5.41) is 3.45. The molecule has 0 saturated carbocycles.